The zero-order chi connectivity index (χ0) is 19.9. The van der Waals surface area contributed by atoms with E-state index in [2.05, 4.69) is 15.2 Å². The average Bonchev–Trinajstić information content (AvgIpc) is 2.71. The number of anilines is 2. The summed E-state index contributed by atoms with van der Waals surface area (Å²) < 4.78 is 5.04. The lowest BCUT2D eigenvalue weighted by molar-refractivity contribution is -0.115. The number of hydrogen-bond donors (Lipinski definition) is 1. The minimum Gasteiger partial charge on any atom is -0.450 e. The molecule has 1 saturated heterocycles. The Kier molecular flexibility index (Phi) is 6.47. The van der Waals surface area contributed by atoms with Gasteiger partial charge in [0.25, 0.3) is 0 Å². The molecule has 0 bridgehead atoms. The topological polar surface area (TPSA) is 74.8 Å². The van der Waals surface area contributed by atoms with E-state index in [4.69, 9.17) is 4.74 Å². The third kappa shape index (κ3) is 5.00. The molecule has 7 heteroatoms. The highest BCUT2D eigenvalue weighted by molar-refractivity contribution is 5.92. The molecule has 0 spiro atoms. The van der Waals surface area contributed by atoms with E-state index in [-0.39, 0.29) is 12.0 Å². The van der Waals surface area contributed by atoms with Gasteiger partial charge in [0.05, 0.1) is 24.9 Å². The Bertz CT molecular complexity index is 815. The number of benzene rings is 1. The van der Waals surface area contributed by atoms with Crippen LogP contribution in [-0.2, 0) is 16.0 Å². The number of ether oxygens (including phenoxy) is 1. The third-order valence-corrected chi connectivity index (χ3v) is 4.77. The van der Waals surface area contributed by atoms with Crippen LogP contribution in [0.15, 0.2) is 42.6 Å². The quantitative estimate of drug-likeness (QED) is 0.861. The fourth-order valence-electron chi connectivity index (χ4n) is 3.17. The van der Waals surface area contributed by atoms with E-state index < -0.39 is 0 Å². The molecule has 0 aliphatic carbocycles. The first-order valence-electron chi connectivity index (χ1n) is 9.54. The Morgan fingerprint density at radius 2 is 1.86 bits per heavy atom. The minimum absolute atomic E-state index is 0.0631. The molecule has 1 fully saturated rings. The average molecular weight is 382 g/mol. The lowest BCUT2D eigenvalue weighted by Crippen LogP contribution is -2.49. The highest BCUT2D eigenvalue weighted by atomic mass is 16.6. The van der Waals surface area contributed by atoms with Gasteiger partial charge in [-0.05, 0) is 37.1 Å². The van der Waals surface area contributed by atoms with E-state index in [9.17, 15) is 9.59 Å². The standard InChI is InChI=1S/C21H26N4O3/c1-3-28-21(27)25-12-10-24(11-13-25)19-9-8-18(15-22-19)23-20(26)14-17-7-5-4-6-16(17)2/h4-9,15H,3,10-14H2,1-2H3,(H,23,26). The van der Waals surface area contributed by atoms with Crippen LogP contribution in [0.4, 0.5) is 16.3 Å². The molecule has 28 heavy (non-hydrogen) atoms. The van der Waals surface area contributed by atoms with E-state index in [1.807, 2.05) is 43.3 Å². The van der Waals surface area contributed by atoms with Gasteiger partial charge in [-0.15, -0.1) is 0 Å². The Morgan fingerprint density at radius 3 is 2.50 bits per heavy atom. The monoisotopic (exact) mass is 382 g/mol. The highest BCUT2D eigenvalue weighted by Crippen LogP contribution is 2.17. The van der Waals surface area contributed by atoms with Gasteiger partial charge in [-0.3, -0.25) is 4.79 Å². The molecule has 2 aromatic rings. The second kappa shape index (κ2) is 9.21. The zero-order valence-electron chi connectivity index (χ0n) is 16.4. The SMILES string of the molecule is CCOC(=O)N1CCN(c2ccc(NC(=O)Cc3ccccc3C)cn2)CC1. The summed E-state index contributed by atoms with van der Waals surface area (Å²) in [6.45, 7) is 6.80. The predicted octanol–water partition coefficient (Wildman–Crippen LogP) is 2.85. The van der Waals surface area contributed by atoms with E-state index in [0.717, 1.165) is 16.9 Å². The summed E-state index contributed by atoms with van der Waals surface area (Å²) in [6, 6.07) is 11.6. The van der Waals surface area contributed by atoms with Crippen molar-refractivity contribution in [1.82, 2.24) is 9.88 Å². The molecule has 7 nitrogen and oxygen atoms in total. The van der Waals surface area contributed by atoms with Crippen LogP contribution in [0.2, 0.25) is 0 Å². The van der Waals surface area contributed by atoms with Crippen LogP contribution in [0, 0.1) is 6.92 Å². The summed E-state index contributed by atoms with van der Waals surface area (Å²) in [4.78, 5) is 32.3. The van der Waals surface area contributed by atoms with Gasteiger partial charge in [0, 0.05) is 26.2 Å². The van der Waals surface area contributed by atoms with Gasteiger partial charge in [-0.1, -0.05) is 24.3 Å². The summed E-state index contributed by atoms with van der Waals surface area (Å²) in [5.41, 5.74) is 2.80. The maximum Gasteiger partial charge on any atom is 0.409 e. The Labute approximate surface area is 165 Å². The number of piperazine rings is 1. The predicted molar refractivity (Wildman–Crippen MR) is 109 cm³/mol. The number of carbonyl (C=O) groups is 2. The highest BCUT2D eigenvalue weighted by Gasteiger charge is 2.22. The number of nitrogens with zero attached hydrogens (tertiary/aromatic N) is 3. The van der Waals surface area contributed by atoms with Crippen molar-refractivity contribution in [2.75, 3.05) is 43.0 Å². The second-order valence-corrected chi connectivity index (χ2v) is 6.73. The van der Waals surface area contributed by atoms with Gasteiger partial charge in [0.15, 0.2) is 0 Å². The van der Waals surface area contributed by atoms with Gasteiger partial charge < -0.3 is 19.9 Å². The smallest absolute Gasteiger partial charge is 0.409 e. The van der Waals surface area contributed by atoms with Gasteiger partial charge >= 0.3 is 6.09 Å². The Hall–Kier alpha value is -3.09. The molecule has 148 valence electrons. The summed E-state index contributed by atoms with van der Waals surface area (Å²) >= 11 is 0. The minimum atomic E-state index is -0.262. The van der Waals surface area contributed by atoms with Crippen LogP contribution in [0.25, 0.3) is 0 Å². The fraction of sp³-hybridized carbons (Fsp3) is 0.381. The molecule has 0 unspecified atom stereocenters. The Balaban J connectivity index is 1.52. The second-order valence-electron chi connectivity index (χ2n) is 6.73. The van der Waals surface area contributed by atoms with Gasteiger partial charge in [-0.2, -0.15) is 0 Å². The molecule has 2 amide bonds. The number of aromatic nitrogens is 1. The number of nitrogens with one attached hydrogen (secondary N) is 1. The normalized spacial score (nSPS) is 13.9. The van der Waals surface area contributed by atoms with Crippen molar-refractivity contribution >= 4 is 23.5 Å². The van der Waals surface area contributed by atoms with Crippen LogP contribution < -0.4 is 10.2 Å². The summed E-state index contributed by atoms with van der Waals surface area (Å²) in [7, 11) is 0. The number of carbonyl (C=O) groups excluding carboxylic acids is 2. The van der Waals surface area contributed by atoms with Crippen molar-refractivity contribution in [3.63, 3.8) is 0 Å². The largest absolute Gasteiger partial charge is 0.450 e. The first-order chi connectivity index (χ1) is 13.6. The van der Waals surface area contributed by atoms with E-state index in [0.29, 0.717) is 44.9 Å². The summed E-state index contributed by atoms with van der Waals surface area (Å²) in [5.74, 6) is 0.771. The Morgan fingerprint density at radius 1 is 1.11 bits per heavy atom. The van der Waals surface area contributed by atoms with Crippen LogP contribution in [0.3, 0.4) is 0 Å². The van der Waals surface area contributed by atoms with Crippen molar-refractivity contribution in [2.24, 2.45) is 0 Å². The maximum atomic E-state index is 12.3. The van der Waals surface area contributed by atoms with Crippen LogP contribution in [-0.4, -0.2) is 54.7 Å². The van der Waals surface area contributed by atoms with Crippen molar-refractivity contribution in [3.05, 3.63) is 53.7 Å². The number of hydrogen-bond acceptors (Lipinski definition) is 5. The number of amides is 2. The van der Waals surface area contributed by atoms with Crippen LogP contribution in [0.1, 0.15) is 18.1 Å². The summed E-state index contributed by atoms with van der Waals surface area (Å²) in [5, 5.41) is 2.89. The summed E-state index contributed by atoms with van der Waals surface area (Å²) in [6.07, 6.45) is 1.74. The first kappa shape index (κ1) is 19.7. The molecule has 1 aliphatic heterocycles. The third-order valence-electron chi connectivity index (χ3n) is 4.77. The molecule has 2 heterocycles. The van der Waals surface area contributed by atoms with Gasteiger partial charge in [-0.25, -0.2) is 9.78 Å². The van der Waals surface area contributed by atoms with Gasteiger partial charge in [0.1, 0.15) is 5.82 Å². The molecule has 1 aliphatic rings. The van der Waals surface area contributed by atoms with Gasteiger partial charge in [0.2, 0.25) is 5.91 Å². The number of pyridine rings is 1. The maximum absolute atomic E-state index is 12.3. The van der Waals surface area contributed by atoms with E-state index in [1.54, 1.807) is 18.0 Å². The first-order valence-corrected chi connectivity index (χ1v) is 9.54. The molecule has 0 atom stereocenters. The number of rotatable bonds is 5. The van der Waals surface area contributed by atoms with Crippen LogP contribution in [0.5, 0.6) is 0 Å². The molecule has 3 rings (SSSR count). The molecule has 0 saturated carbocycles. The molecule has 0 radical (unpaired) electrons. The molecular weight excluding hydrogens is 356 g/mol. The zero-order valence-corrected chi connectivity index (χ0v) is 16.4. The van der Waals surface area contributed by atoms with Crippen molar-refractivity contribution in [1.29, 1.82) is 0 Å². The van der Waals surface area contributed by atoms with E-state index >= 15 is 0 Å². The molecule has 1 N–H and O–H groups in total. The number of aryl methyl sites for hydroxylation is 1. The van der Waals surface area contributed by atoms with Crippen molar-refractivity contribution < 1.29 is 14.3 Å². The molecule has 1 aromatic heterocycles. The molecular formula is C21H26N4O3. The van der Waals surface area contributed by atoms with Crippen molar-refractivity contribution in [3.8, 4) is 0 Å². The van der Waals surface area contributed by atoms with E-state index in [1.165, 1.54) is 0 Å². The fourth-order valence-corrected chi connectivity index (χ4v) is 3.17. The molecule has 1 aromatic carbocycles. The lowest BCUT2D eigenvalue weighted by Gasteiger charge is -2.34. The van der Waals surface area contributed by atoms with Crippen molar-refractivity contribution in [2.45, 2.75) is 20.3 Å². The van der Waals surface area contributed by atoms with Crippen LogP contribution >= 0.6 is 0 Å². The lowest BCUT2D eigenvalue weighted by atomic mass is 10.1.